The molecule has 1 atom stereocenters. The van der Waals surface area contributed by atoms with Crippen molar-refractivity contribution in [3.63, 3.8) is 0 Å². The van der Waals surface area contributed by atoms with Crippen LogP contribution in [0, 0.1) is 0 Å². The number of hydrogen-bond acceptors (Lipinski definition) is 4. The molecule has 2 amide bonds. The number of carbonyl (C=O) groups excluding carboxylic acids is 2. The van der Waals surface area contributed by atoms with Crippen molar-refractivity contribution in [1.82, 2.24) is 10.6 Å². The Morgan fingerprint density at radius 2 is 1.06 bits per heavy atom. The largest absolute Gasteiger partial charge is 0.481 e. The van der Waals surface area contributed by atoms with Crippen molar-refractivity contribution in [2.45, 2.75) is 148 Å². The summed E-state index contributed by atoms with van der Waals surface area (Å²) in [7, 11) is 0. The summed E-state index contributed by atoms with van der Waals surface area (Å²) in [6.07, 6.45) is 19.6. The summed E-state index contributed by atoms with van der Waals surface area (Å²) in [5.41, 5.74) is 0. The fourth-order valence-corrected chi connectivity index (χ4v) is 4.18. The monoisotopic (exact) mass is 512 g/mol. The molecule has 0 aliphatic rings. The van der Waals surface area contributed by atoms with Crippen LogP contribution in [0.4, 0.5) is 0 Å². The van der Waals surface area contributed by atoms with Gasteiger partial charge < -0.3 is 20.8 Å². The zero-order valence-corrected chi connectivity index (χ0v) is 22.7. The maximum atomic E-state index is 12.0. The van der Waals surface area contributed by atoms with Crippen molar-refractivity contribution in [3.8, 4) is 0 Å². The summed E-state index contributed by atoms with van der Waals surface area (Å²) >= 11 is 0. The molecule has 36 heavy (non-hydrogen) atoms. The average molecular weight is 513 g/mol. The highest BCUT2D eigenvalue weighted by Gasteiger charge is 2.19. The second-order valence-corrected chi connectivity index (χ2v) is 9.90. The Labute approximate surface area is 218 Å². The molecule has 0 aromatic rings. The molecule has 1 unspecified atom stereocenters. The number of aliphatic carboxylic acids is 2. The predicted molar refractivity (Wildman–Crippen MR) is 143 cm³/mol. The first-order valence-electron chi connectivity index (χ1n) is 14.4. The van der Waals surface area contributed by atoms with Gasteiger partial charge in [-0.3, -0.25) is 14.4 Å². The number of carboxylic acid groups (broad SMARTS) is 2. The van der Waals surface area contributed by atoms with Gasteiger partial charge in [0, 0.05) is 25.8 Å². The Kier molecular flexibility index (Phi) is 23.1. The number of rotatable bonds is 26. The molecule has 0 aromatic carbocycles. The van der Waals surface area contributed by atoms with E-state index in [-0.39, 0.29) is 24.7 Å². The van der Waals surface area contributed by atoms with Crippen LogP contribution in [0.3, 0.4) is 0 Å². The Morgan fingerprint density at radius 1 is 0.583 bits per heavy atom. The summed E-state index contributed by atoms with van der Waals surface area (Å²) in [6.45, 7) is 2.76. The van der Waals surface area contributed by atoms with Crippen LogP contribution in [0.1, 0.15) is 142 Å². The fraction of sp³-hybridized carbons (Fsp3) is 0.857. The van der Waals surface area contributed by atoms with Crippen LogP contribution in [0.5, 0.6) is 0 Å². The van der Waals surface area contributed by atoms with Crippen LogP contribution >= 0.6 is 0 Å². The number of nitrogens with one attached hydrogen (secondary N) is 2. The van der Waals surface area contributed by atoms with Crippen LogP contribution < -0.4 is 10.6 Å². The van der Waals surface area contributed by atoms with Crippen LogP contribution in [-0.4, -0.2) is 46.6 Å². The van der Waals surface area contributed by atoms with Crippen molar-refractivity contribution in [2.24, 2.45) is 0 Å². The molecule has 0 radical (unpaired) electrons. The first kappa shape index (κ1) is 33.9. The van der Waals surface area contributed by atoms with Crippen LogP contribution in [0.2, 0.25) is 0 Å². The van der Waals surface area contributed by atoms with E-state index in [1.165, 1.54) is 70.6 Å². The topological polar surface area (TPSA) is 133 Å². The molecule has 8 heteroatoms. The van der Waals surface area contributed by atoms with Gasteiger partial charge in [-0.1, -0.05) is 84.0 Å². The lowest BCUT2D eigenvalue weighted by molar-refractivity contribution is -0.142. The van der Waals surface area contributed by atoms with E-state index in [1.54, 1.807) is 0 Å². The maximum absolute atomic E-state index is 12.0. The van der Waals surface area contributed by atoms with Crippen molar-refractivity contribution in [1.29, 1.82) is 0 Å². The Hall–Kier alpha value is -2.12. The highest BCUT2D eigenvalue weighted by atomic mass is 16.4. The Bertz CT molecular complexity index is 597. The number of hydrogen-bond donors (Lipinski definition) is 4. The molecule has 0 spiro atoms. The van der Waals surface area contributed by atoms with E-state index < -0.39 is 18.0 Å². The molecule has 8 nitrogen and oxygen atoms in total. The third kappa shape index (κ3) is 23.6. The minimum absolute atomic E-state index is 0.000711. The van der Waals surface area contributed by atoms with E-state index in [0.717, 1.165) is 12.8 Å². The van der Waals surface area contributed by atoms with Crippen LogP contribution in [0.15, 0.2) is 0 Å². The molecule has 0 aliphatic heterocycles. The van der Waals surface area contributed by atoms with E-state index in [9.17, 15) is 24.3 Å². The SMILES string of the molecule is CCCCCCCCCCCCCCCC(=O)NCCCCC(NC(=O)CCCCC(=O)O)C(=O)O. The fourth-order valence-electron chi connectivity index (χ4n) is 4.18. The van der Waals surface area contributed by atoms with Crippen molar-refractivity contribution >= 4 is 23.8 Å². The summed E-state index contributed by atoms with van der Waals surface area (Å²) in [5.74, 6) is -2.32. The molecule has 0 aliphatic carbocycles. The molecule has 0 bridgehead atoms. The van der Waals surface area contributed by atoms with Gasteiger partial charge >= 0.3 is 11.9 Å². The minimum Gasteiger partial charge on any atom is -0.481 e. The van der Waals surface area contributed by atoms with Crippen LogP contribution in [-0.2, 0) is 19.2 Å². The number of unbranched alkanes of at least 4 members (excludes halogenated alkanes) is 14. The zero-order chi connectivity index (χ0) is 26.9. The highest BCUT2D eigenvalue weighted by molar-refractivity contribution is 5.83. The zero-order valence-electron chi connectivity index (χ0n) is 22.7. The van der Waals surface area contributed by atoms with Crippen molar-refractivity contribution in [2.75, 3.05) is 6.54 Å². The Balaban J connectivity index is 3.61. The first-order chi connectivity index (χ1) is 17.4. The molecule has 4 N–H and O–H groups in total. The second-order valence-electron chi connectivity index (χ2n) is 9.90. The lowest BCUT2D eigenvalue weighted by atomic mass is 10.0. The van der Waals surface area contributed by atoms with E-state index in [0.29, 0.717) is 45.1 Å². The summed E-state index contributed by atoms with van der Waals surface area (Å²) in [4.78, 5) is 45.7. The normalized spacial score (nSPS) is 11.7. The molecule has 0 rings (SSSR count). The first-order valence-corrected chi connectivity index (χ1v) is 14.4. The van der Waals surface area contributed by atoms with Gasteiger partial charge in [0.05, 0.1) is 0 Å². The molecule has 0 aromatic heterocycles. The van der Waals surface area contributed by atoms with Crippen molar-refractivity contribution in [3.05, 3.63) is 0 Å². The lowest BCUT2D eigenvalue weighted by Crippen LogP contribution is -2.40. The predicted octanol–water partition coefficient (Wildman–Crippen LogP) is 5.97. The highest BCUT2D eigenvalue weighted by Crippen LogP contribution is 2.13. The molecule has 0 fully saturated rings. The van der Waals surface area contributed by atoms with Crippen LogP contribution in [0.25, 0.3) is 0 Å². The van der Waals surface area contributed by atoms with E-state index in [4.69, 9.17) is 5.11 Å². The van der Waals surface area contributed by atoms with Gasteiger partial charge in [0.2, 0.25) is 11.8 Å². The smallest absolute Gasteiger partial charge is 0.326 e. The van der Waals surface area contributed by atoms with Crippen molar-refractivity contribution < 1.29 is 29.4 Å². The number of carboxylic acids is 2. The molecular formula is C28H52N2O6. The number of carbonyl (C=O) groups is 4. The van der Waals surface area contributed by atoms with E-state index >= 15 is 0 Å². The van der Waals surface area contributed by atoms with E-state index in [1.807, 2.05) is 0 Å². The molecule has 210 valence electrons. The van der Waals surface area contributed by atoms with Gasteiger partial charge in [-0.05, 0) is 38.5 Å². The standard InChI is InChI=1S/C28H52N2O6/c1-2-3-4-5-6-7-8-9-10-11-12-13-14-20-25(31)29-23-18-17-19-24(28(35)36)30-26(32)21-15-16-22-27(33)34/h24H,2-23H2,1H3,(H,29,31)(H,30,32)(H,33,34)(H,35,36). The molecule has 0 saturated carbocycles. The van der Waals surface area contributed by atoms with Gasteiger partial charge in [0.25, 0.3) is 0 Å². The summed E-state index contributed by atoms with van der Waals surface area (Å²) in [6, 6.07) is -0.960. The molecule has 0 heterocycles. The number of amides is 2. The third-order valence-electron chi connectivity index (χ3n) is 6.43. The summed E-state index contributed by atoms with van der Waals surface area (Å²) < 4.78 is 0. The van der Waals surface area contributed by atoms with E-state index in [2.05, 4.69) is 17.6 Å². The average Bonchev–Trinajstić information content (AvgIpc) is 2.83. The van der Waals surface area contributed by atoms with Gasteiger partial charge in [-0.2, -0.15) is 0 Å². The molecular weight excluding hydrogens is 460 g/mol. The maximum Gasteiger partial charge on any atom is 0.326 e. The Morgan fingerprint density at radius 3 is 1.58 bits per heavy atom. The second kappa shape index (κ2) is 24.6. The van der Waals surface area contributed by atoms with Gasteiger partial charge in [-0.15, -0.1) is 0 Å². The van der Waals surface area contributed by atoms with Gasteiger partial charge in [0.1, 0.15) is 6.04 Å². The molecule has 0 saturated heterocycles. The van der Waals surface area contributed by atoms with Gasteiger partial charge in [0.15, 0.2) is 0 Å². The third-order valence-corrected chi connectivity index (χ3v) is 6.43. The lowest BCUT2D eigenvalue weighted by Gasteiger charge is -2.14. The van der Waals surface area contributed by atoms with Gasteiger partial charge in [-0.25, -0.2) is 4.79 Å². The minimum atomic E-state index is -1.08. The summed E-state index contributed by atoms with van der Waals surface area (Å²) in [5, 5.41) is 23.3. The quantitative estimate of drug-likeness (QED) is 0.106.